The van der Waals surface area contributed by atoms with Crippen molar-refractivity contribution < 1.29 is 34.8 Å². The van der Waals surface area contributed by atoms with Gasteiger partial charge in [0.2, 0.25) is 0 Å². The molecule has 4 N–H and O–H groups in total. The molecule has 0 amide bonds. The molecular formula is C11H12O7. The number of aliphatic carboxylic acids is 1. The number of ether oxygens (including phenoxy) is 1. The van der Waals surface area contributed by atoms with Gasteiger partial charge in [-0.3, -0.25) is 0 Å². The maximum Gasteiger partial charge on any atom is 0.336 e. The SMILES string of the molecule is COc1ccc(C(O)C(O)C(=O)O)c(C(=O)O)c1. The molecule has 0 bridgehead atoms. The van der Waals surface area contributed by atoms with Crippen molar-refractivity contribution in [2.75, 3.05) is 7.11 Å². The summed E-state index contributed by atoms with van der Waals surface area (Å²) in [5, 5.41) is 36.3. The van der Waals surface area contributed by atoms with Crippen molar-refractivity contribution in [2.24, 2.45) is 0 Å². The van der Waals surface area contributed by atoms with Crippen LogP contribution >= 0.6 is 0 Å². The third-order valence-electron chi connectivity index (χ3n) is 2.36. The minimum absolute atomic E-state index is 0.196. The summed E-state index contributed by atoms with van der Waals surface area (Å²) < 4.78 is 4.82. The van der Waals surface area contributed by atoms with Crippen molar-refractivity contribution in [3.63, 3.8) is 0 Å². The van der Waals surface area contributed by atoms with Crippen molar-refractivity contribution in [3.05, 3.63) is 29.3 Å². The molecular weight excluding hydrogens is 244 g/mol. The Morgan fingerprint density at radius 2 is 1.83 bits per heavy atom. The lowest BCUT2D eigenvalue weighted by Gasteiger charge is -2.17. The normalized spacial score (nSPS) is 13.7. The summed E-state index contributed by atoms with van der Waals surface area (Å²) >= 11 is 0. The Kier molecular flexibility index (Phi) is 4.24. The molecule has 0 saturated heterocycles. The van der Waals surface area contributed by atoms with E-state index in [0.29, 0.717) is 0 Å². The zero-order chi connectivity index (χ0) is 13.9. The largest absolute Gasteiger partial charge is 0.497 e. The molecule has 98 valence electrons. The number of methoxy groups -OCH3 is 1. The van der Waals surface area contributed by atoms with E-state index >= 15 is 0 Å². The van der Waals surface area contributed by atoms with E-state index in [1.165, 1.54) is 19.2 Å². The van der Waals surface area contributed by atoms with Gasteiger partial charge in [-0.2, -0.15) is 0 Å². The summed E-state index contributed by atoms with van der Waals surface area (Å²) in [4.78, 5) is 21.5. The van der Waals surface area contributed by atoms with Crippen molar-refractivity contribution >= 4 is 11.9 Å². The van der Waals surface area contributed by atoms with E-state index in [1.807, 2.05) is 0 Å². The number of hydrogen-bond acceptors (Lipinski definition) is 5. The minimum Gasteiger partial charge on any atom is -0.497 e. The van der Waals surface area contributed by atoms with Gasteiger partial charge in [0.25, 0.3) is 0 Å². The second kappa shape index (κ2) is 5.48. The maximum atomic E-state index is 11.0. The summed E-state index contributed by atoms with van der Waals surface area (Å²) in [6, 6.07) is 3.69. The molecule has 0 heterocycles. The summed E-state index contributed by atoms with van der Waals surface area (Å²) in [5.74, 6) is -2.76. The number of rotatable bonds is 5. The van der Waals surface area contributed by atoms with Crippen LogP contribution in [0.1, 0.15) is 22.0 Å². The van der Waals surface area contributed by atoms with Crippen LogP contribution in [-0.2, 0) is 4.79 Å². The fourth-order valence-electron chi connectivity index (χ4n) is 1.41. The first-order valence-electron chi connectivity index (χ1n) is 4.88. The van der Waals surface area contributed by atoms with Gasteiger partial charge in [-0.15, -0.1) is 0 Å². The van der Waals surface area contributed by atoms with E-state index in [0.717, 1.165) is 6.07 Å². The van der Waals surface area contributed by atoms with E-state index in [1.54, 1.807) is 0 Å². The second-order valence-corrected chi connectivity index (χ2v) is 3.49. The van der Waals surface area contributed by atoms with Gasteiger partial charge in [-0.25, -0.2) is 9.59 Å². The fraction of sp³-hybridized carbons (Fsp3) is 0.273. The Balaban J connectivity index is 3.23. The van der Waals surface area contributed by atoms with Gasteiger partial charge in [0, 0.05) is 0 Å². The van der Waals surface area contributed by atoms with E-state index in [2.05, 4.69) is 0 Å². The van der Waals surface area contributed by atoms with Crippen molar-refractivity contribution in [1.82, 2.24) is 0 Å². The van der Waals surface area contributed by atoms with Crippen LogP contribution in [0.4, 0.5) is 0 Å². The van der Waals surface area contributed by atoms with Crippen molar-refractivity contribution in [3.8, 4) is 5.75 Å². The minimum atomic E-state index is -2.10. The Hall–Kier alpha value is -2.12. The maximum absolute atomic E-state index is 11.0. The molecule has 7 heteroatoms. The second-order valence-electron chi connectivity index (χ2n) is 3.49. The summed E-state index contributed by atoms with van der Waals surface area (Å²) in [5.41, 5.74) is -0.527. The molecule has 0 fully saturated rings. The summed E-state index contributed by atoms with van der Waals surface area (Å²) in [6.45, 7) is 0. The molecule has 0 radical (unpaired) electrons. The first-order chi connectivity index (χ1) is 8.38. The van der Waals surface area contributed by atoms with Crippen LogP contribution < -0.4 is 4.74 Å². The van der Waals surface area contributed by atoms with Gasteiger partial charge in [-0.1, -0.05) is 6.07 Å². The topological polar surface area (TPSA) is 124 Å². The quantitative estimate of drug-likeness (QED) is 0.578. The Bertz CT molecular complexity index is 468. The van der Waals surface area contributed by atoms with Crippen molar-refractivity contribution in [1.29, 1.82) is 0 Å². The lowest BCUT2D eigenvalue weighted by molar-refractivity contribution is -0.153. The third kappa shape index (κ3) is 2.76. The van der Waals surface area contributed by atoms with E-state index < -0.39 is 24.1 Å². The van der Waals surface area contributed by atoms with E-state index in [4.69, 9.17) is 14.9 Å². The molecule has 1 aromatic carbocycles. The molecule has 7 nitrogen and oxygen atoms in total. The average molecular weight is 256 g/mol. The van der Waals surface area contributed by atoms with E-state index in [-0.39, 0.29) is 16.9 Å². The lowest BCUT2D eigenvalue weighted by atomic mass is 9.98. The molecule has 2 unspecified atom stereocenters. The predicted molar refractivity (Wildman–Crippen MR) is 58.6 cm³/mol. The predicted octanol–water partition coefficient (Wildman–Crippen LogP) is -0.128. The van der Waals surface area contributed by atoms with Crippen LogP contribution in [0.25, 0.3) is 0 Å². The van der Waals surface area contributed by atoms with Gasteiger partial charge >= 0.3 is 11.9 Å². The van der Waals surface area contributed by atoms with Crippen LogP contribution in [0.2, 0.25) is 0 Å². The monoisotopic (exact) mass is 256 g/mol. The number of aromatic carboxylic acids is 1. The number of aliphatic hydroxyl groups excluding tert-OH is 2. The molecule has 0 saturated carbocycles. The molecule has 1 aromatic rings. The zero-order valence-corrected chi connectivity index (χ0v) is 9.40. The molecule has 1 rings (SSSR count). The number of benzene rings is 1. The number of hydrogen-bond donors (Lipinski definition) is 4. The van der Waals surface area contributed by atoms with Crippen LogP contribution in [0, 0.1) is 0 Å². The molecule has 0 aliphatic heterocycles. The van der Waals surface area contributed by atoms with Gasteiger partial charge in [0.05, 0.1) is 12.7 Å². The highest BCUT2D eigenvalue weighted by Gasteiger charge is 2.28. The Morgan fingerprint density at radius 3 is 2.28 bits per heavy atom. The number of carboxylic acids is 2. The van der Waals surface area contributed by atoms with Gasteiger partial charge in [0.15, 0.2) is 6.10 Å². The highest BCUT2D eigenvalue weighted by Crippen LogP contribution is 2.25. The number of carboxylic acid groups (broad SMARTS) is 2. The highest BCUT2D eigenvalue weighted by atomic mass is 16.5. The molecule has 2 atom stereocenters. The van der Waals surface area contributed by atoms with E-state index in [9.17, 15) is 19.8 Å². The van der Waals surface area contributed by atoms with Gasteiger partial charge < -0.3 is 25.2 Å². The molecule has 0 aliphatic carbocycles. The third-order valence-corrected chi connectivity index (χ3v) is 2.36. The zero-order valence-electron chi connectivity index (χ0n) is 9.40. The first kappa shape index (κ1) is 13.9. The van der Waals surface area contributed by atoms with Crippen LogP contribution in [0.3, 0.4) is 0 Å². The van der Waals surface area contributed by atoms with Crippen LogP contribution in [0.5, 0.6) is 5.75 Å². The first-order valence-corrected chi connectivity index (χ1v) is 4.88. The molecule has 0 aromatic heterocycles. The smallest absolute Gasteiger partial charge is 0.336 e. The molecule has 0 aliphatic rings. The Labute approximate surface area is 102 Å². The Morgan fingerprint density at radius 1 is 1.22 bits per heavy atom. The fourth-order valence-corrected chi connectivity index (χ4v) is 1.41. The number of carbonyl (C=O) groups is 2. The van der Waals surface area contributed by atoms with Crippen LogP contribution in [-0.4, -0.2) is 45.6 Å². The summed E-state index contributed by atoms with van der Waals surface area (Å²) in [7, 11) is 1.34. The van der Waals surface area contributed by atoms with Gasteiger partial charge in [-0.05, 0) is 17.7 Å². The van der Waals surface area contributed by atoms with Crippen LogP contribution in [0.15, 0.2) is 18.2 Å². The highest BCUT2D eigenvalue weighted by molar-refractivity contribution is 5.90. The van der Waals surface area contributed by atoms with Gasteiger partial charge in [0.1, 0.15) is 11.9 Å². The average Bonchev–Trinajstić information content (AvgIpc) is 2.35. The summed E-state index contributed by atoms with van der Waals surface area (Å²) in [6.07, 6.45) is -3.93. The molecule has 18 heavy (non-hydrogen) atoms. The van der Waals surface area contributed by atoms with Crippen molar-refractivity contribution in [2.45, 2.75) is 12.2 Å². The number of aliphatic hydroxyl groups is 2. The standard InChI is InChI=1S/C11H12O7/c1-18-5-2-3-6(7(4-5)10(14)15)8(12)9(13)11(16)17/h2-4,8-9,12-13H,1H3,(H,14,15)(H,16,17). The molecule has 0 spiro atoms. The lowest BCUT2D eigenvalue weighted by Crippen LogP contribution is -2.28.